The van der Waals surface area contributed by atoms with Crippen molar-refractivity contribution >= 4 is 5.78 Å². The van der Waals surface area contributed by atoms with Crippen molar-refractivity contribution < 1.29 is 20.1 Å². The summed E-state index contributed by atoms with van der Waals surface area (Å²) in [4.78, 5) is 10.7. The van der Waals surface area contributed by atoms with E-state index in [1.165, 1.54) is 6.92 Å². The maximum atomic E-state index is 10.7. The number of carbonyl (C=O) groups excluding carboxylic acids is 1. The molecule has 0 amide bonds. The van der Waals surface area contributed by atoms with Crippen LogP contribution in [0.2, 0.25) is 0 Å². The maximum absolute atomic E-state index is 10.7. The van der Waals surface area contributed by atoms with Crippen LogP contribution in [0.4, 0.5) is 0 Å². The fraction of sp³-hybridized carbons (Fsp3) is 0.300. The van der Waals surface area contributed by atoms with Gasteiger partial charge in [-0.05, 0) is 13.3 Å². The molecular formula is C10H12O4. The van der Waals surface area contributed by atoms with Crippen molar-refractivity contribution in [1.29, 1.82) is 0 Å². The van der Waals surface area contributed by atoms with E-state index in [1.54, 1.807) is 0 Å². The lowest BCUT2D eigenvalue weighted by atomic mass is 10.1. The molecule has 0 bridgehead atoms. The van der Waals surface area contributed by atoms with Crippen LogP contribution < -0.4 is 0 Å². The van der Waals surface area contributed by atoms with Crippen molar-refractivity contribution in [1.82, 2.24) is 0 Å². The predicted molar refractivity (Wildman–Crippen MR) is 50.4 cm³/mol. The number of phenolic OH excluding ortho intramolecular Hbond substituents is 3. The Morgan fingerprint density at radius 1 is 1.21 bits per heavy atom. The molecule has 4 nitrogen and oxygen atoms in total. The van der Waals surface area contributed by atoms with Gasteiger partial charge in [-0.1, -0.05) is 0 Å². The van der Waals surface area contributed by atoms with Gasteiger partial charge in [0.2, 0.25) is 0 Å². The molecular weight excluding hydrogens is 184 g/mol. The van der Waals surface area contributed by atoms with Crippen molar-refractivity contribution in [3.8, 4) is 17.2 Å². The number of hydrogen-bond acceptors (Lipinski definition) is 4. The van der Waals surface area contributed by atoms with Gasteiger partial charge in [0.1, 0.15) is 23.0 Å². The number of carbonyl (C=O) groups is 1. The van der Waals surface area contributed by atoms with Crippen LogP contribution in [-0.2, 0) is 11.2 Å². The minimum absolute atomic E-state index is 0.0168. The largest absolute Gasteiger partial charge is 0.508 e. The van der Waals surface area contributed by atoms with Gasteiger partial charge < -0.3 is 20.1 Å². The molecule has 0 unspecified atom stereocenters. The lowest BCUT2D eigenvalue weighted by Crippen LogP contribution is -1.94. The molecule has 14 heavy (non-hydrogen) atoms. The molecule has 1 aromatic carbocycles. The fourth-order valence-electron chi connectivity index (χ4n) is 1.18. The first-order valence-electron chi connectivity index (χ1n) is 4.24. The lowest BCUT2D eigenvalue weighted by Gasteiger charge is -2.06. The number of phenols is 3. The predicted octanol–water partition coefficient (Wildman–Crippen LogP) is 1.32. The zero-order chi connectivity index (χ0) is 10.7. The standard InChI is InChI=1S/C10H12O4/c1-6(11)2-3-8-9(13)4-7(12)5-10(8)14/h4-5,12-14H,2-3H2,1H3. The van der Waals surface area contributed by atoms with Crippen molar-refractivity contribution in [2.75, 3.05) is 0 Å². The van der Waals surface area contributed by atoms with E-state index >= 15 is 0 Å². The molecule has 0 saturated carbocycles. The van der Waals surface area contributed by atoms with E-state index in [1.807, 2.05) is 0 Å². The number of Topliss-reactive ketones (excluding diaryl/α,β-unsaturated/α-hetero) is 1. The Balaban J connectivity index is 2.91. The third kappa shape index (κ3) is 2.39. The Morgan fingerprint density at radius 3 is 2.14 bits per heavy atom. The summed E-state index contributed by atoms with van der Waals surface area (Å²) in [5.74, 6) is -0.601. The zero-order valence-corrected chi connectivity index (χ0v) is 7.82. The first kappa shape index (κ1) is 10.4. The van der Waals surface area contributed by atoms with Crippen molar-refractivity contribution in [2.45, 2.75) is 19.8 Å². The van der Waals surface area contributed by atoms with Crippen LogP contribution in [0.1, 0.15) is 18.9 Å². The SMILES string of the molecule is CC(=O)CCc1c(O)cc(O)cc1O. The molecule has 0 saturated heterocycles. The van der Waals surface area contributed by atoms with E-state index in [0.29, 0.717) is 0 Å². The highest BCUT2D eigenvalue weighted by molar-refractivity contribution is 5.76. The summed E-state index contributed by atoms with van der Waals surface area (Å²) in [5, 5.41) is 27.7. The van der Waals surface area contributed by atoms with Crippen LogP contribution >= 0.6 is 0 Å². The fourth-order valence-corrected chi connectivity index (χ4v) is 1.18. The molecule has 3 N–H and O–H groups in total. The van der Waals surface area contributed by atoms with Crippen LogP contribution in [0.25, 0.3) is 0 Å². The summed E-state index contributed by atoms with van der Waals surface area (Å²) in [7, 11) is 0. The van der Waals surface area contributed by atoms with Crippen molar-refractivity contribution in [3.05, 3.63) is 17.7 Å². The monoisotopic (exact) mass is 196 g/mol. The smallest absolute Gasteiger partial charge is 0.130 e. The molecule has 0 aliphatic heterocycles. The minimum Gasteiger partial charge on any atom is -0.508 e. The summed E-state index contributed by atoms with van der Waals surface area (Å²) in [6.45, 7) is 1.44. The van der Waals surface area contributed by atoms with Gasteiger partial charge in [0, 0.05) is 24.1 Å². The van der Waals surface area contributed by atoms with Crippen LogP contribution in [0.5, 0.6) is 17.2 Å². The molecule has 1 rings (SSSR count). The van der Waals surface area contributed by atoms with E-state index in [0.717, 1.165) is 12.1 Å². The van der Waals surface area contributed by atoms with E-state index < -0.39 is 0 Å². The van der Waals surface area contributed by atoms with E-state index in [2.05, 4.69) is 0 Å². The van der Waals surface area contributed by atoms with Crippen LogP contribution in [0.3, 0.4) is 0 Å². The van der Waals surface area contributed by atoms with Gasteiger partial charge in [0.25, 0.3) is 0 Å². The third-order valence-corrected chi connectivity index (χ3v) is 1.91. The van der Waals surface area contributed by atoms with Gasteiger partial charge in [-0.15, -0.1) is 0 Å². The molecule has 0 aromatic heterocycles. The van der Waals surface area contributed by atoms with Crippen LogP contribution in [0.15, 0.2) is 12.1 Å². The maximum Gasteiger partial charge on any atom is 0.130 e. The highest BCUT2D eigenvalue weighted by Gasteiger charge is 2.09. The summed E-state index contributed by atoms with van der Waals surface area (Å²) in [6.07, 6.45) is 0.527. The number of aromatic hydroxyl groups is 3. The first-order valence-corrected chi connectivity index (χ1v) is 4.24. The van der Waals surface area contributed by atoms with Gasteiger partial charge in [0.05, 0.1) is 0 Å². The molecule has 0 heterocycles. The Hall–Kier alpha value is -1.71. The zero-order valence-electron chi connectivity index (χ0n) is 7.82. The summed E-state index contributed by atoms with van der Waals surface area (Å²) in [6, 6.07) is 2.27. The van der Waals surface area contributed by atoms with E-state index in [4.69, 9.17) is 5.11 Å². The number of hydrogen-bond donors (Lipinski definition) is 3. The number of rotatable bonds is 3. The minimum atomic E-state index is -0.202. The van der Waals surface area contributed by atoms with Gasteiger partial charge in [-0.2, -0.15) is 0 Å². The summed E-state index contributed by atoms with van der Waals surface area (Å²) < 4.78 is 0. The average molecular weight is 196 g/mol. The molecule has 0 atom stereocenters. The van der Waals surface area contributed by atoms with Gasteiger partial charge in [-0.3, -0.25) is 0 Å². The van der Waals surface area contributed by atoms with Crippen LogP contribution in [-0.4, -0.2) is 21.1 Å². The lowest BCUT2D eigenvalue weighted by molar-refractivity contribution is -0.116. The van der Waals surface area contributed by atoms with E-state index in [9.17, 15) is 15.0 Å². The molecule has 76 valence electrons. The van der Waals surface area contributed by atoms with Gasteiger partial charge in [0.15, 0.2) is 0 Å². The second-order valence-corrected chi connectivity index (χ2v) is 3.16. The molecule has 0 aliphatic rings. The highest BCUT2D eigenvalue weighted by atomic mass is 16.3. The van der Waals surface area contributed by atoms with Gasteiger partial charge >= 0.3 is 0 Å². The third-order valence-electron chi connectivity index (χ3n) is 1.91. The molecule has 4 heteroatoms. The first-order chi connectivity index (χ1) is 6.50. The van der Waals surface area contributed by atoms with E-state index in [-0.39, 0.29) is 41.4 Å². The molecule has 0 spiro atoms. The topological polar surface area (TPSA) is 77.8 Å². The molecule has 0 fully saturated rings. The number of benzene rings is 1. The Kier molecular flexibility index (Phi) is 2.96. The number of ketones is 1. The second-order valence-electron chi connectivity index (χ2n) is 3.16. The highest BCUT2D eigenvalue weighted by Crippen LogP contribution is 2.32. The normalized spacial score (nSPS) is 10.1. The Labute approximate surface area is 81.4 Å². The van der Waals surface area contributed by atoms with Crippen LogP contribution in [0, 0.1) is 0 Å². The average Bonchev–Trinajstić information content (AvgIpc) is 2.01. The second kappa shape index (κ2) is 4.00. The Bertz CT molecular complexity index is 334. The summed E-state index contributed by atoms with van der Waals surface area (Å²) >= 11 is 0. The van der Waals surface area contributed by atoms with Crippen molar-refractivity contribution in [3.63, 3.8) is 0 Å². The molecule has 0 aliphatic carbocycles. The Morgan fingerprint density at radius 2 is 1.71 bits per heavy atom. The molecule has 0 radical (unpaired) electrons. The molecule has 1 aromatic rings. The van der Waals surface area contributed by atoms with Crippen molar-refractivity contribution in [2.24, 2.45) is 0 Å². The van der Waals surface area contributed by atoms with Gasteiger partial charge in [-0.25, -0.2) is 0 Å². The summed E-state index contributed by atoms with van der Waals surface area (Å²) in [5.41, 5.74) is 0.290. The quantitative estimate of drug-likeness (QED) is 0.681.